The third-order valence-corrected chi connectivity index (χ3v) is 3.79. The number of carbonyl (C=O) groups excluding carboxylic acids is 1. The van der Waals surface area contributed by atoms with Crippen molar-refractivity contribution >= 4 is 22.5 Å². The van der Waals surface area contributed by atoms with Crippen LogP contribution < -0.4 is 5.32 Å². The van der Waals surface area contributed by atoms with E-state index in [1.807, 2.05) is 66.3 Å². The summed E-state index contributed by atoms with van der Waals surface area (Å²) in [5.74, 6) is -0.0623. The number of hydrogen-bond acceptors (Lipinski definition) is 1. The van der Waals surface area contributed by atoms with Crippen LogP contribution in [0.25, 0.3) is 10.9 Å². The molecule has 3 rings (SSSR count). The van der Waals surface area contributed by atoms with Gasteiger partial charge in [-0.2, -0.15) is 0 Å². The molecule has 1 aromatic heterocycles. The lowest BCUT2D eigenvalue weighted by Gasteiger charge is -2.09. The Balaban J connectivity index is 1.98. The summed E-state index contributed by atoms with van der Waals surface area (Å²) >= 11 is 0. The Bertz CT molecular complexity index is 802. The molecular formula is C18H18N2O. The van der Waals surface area contributed by atoms with Gasteiger partial charge in [0, 0.05) is 29.8 Å². The number of rotatable bonds is 3. The first kappa shape index (κ1) is 13.4. The molecule has 0 saturated carbocycles. The first-order chi connectivity index (χ1) is 10.2. The number of fused-ring (bicyclic) bond motifs is 1. The van der Waals surface area contributed by atoms with Gasteiger partial charge in [-0.05, 0) is 24.1 Å². The number of benzene rings is 2. The van der Waals surface area contributed by atoms with E-state index < -0.39 is 0 Å². The van der Waals surface area contributed by atoms with Gasteiger partial charge in [0.25, 0.3) is 5.91 Å². The van der Waals surface area contributed by atoms with Gasteiger partial charge in [-0.3, -0.25) is 4.79 Å². The number of nitrogens with zero attached hydrogens (tertiary/aromatic N) is 1. The number of aryl methyl sites for hydroxylation is 2. The summed E-state index contributed by atoms with van der Waals surface area (Å²) in [6.45, 7) is 2.09. The molecular weight excluding hydrogens is 260 g/mol. The zero-order chi connectivity index (χ0) is 14.8. The van der Waals surface area contributed by atoms with Crippen LogP contribution in [-0.4, -0.2) is 10.5 Å². The molecule has 0 fully saturated rings. The van der Waals surface area contributed by atoms with Crippen molar-refractivity contribution in [1.82, 2.24) is 4.57 Å². The molecule has 0 aliphatic heterocycles. The van der Waals surface area contributed by atoms with Crippen LogP contribution in [0.15, 0.2) is 54.7 Å². The molecule has 1 amide bonds. The van der Waals surface area contributed by atoms with Crippen LogP contribution in [0.4, 0.5) is 5.69 Å². The van der Waals surface area contributed by atoms with Crippen molar-refractivity contribution in [3.63, 3.8) is 0 Å². The topological polar surface area (TPSA) is 34.0 Å². The van der Waals surface area contributed by atoms with Crippen LogP contribution in [0.2, 0.25) is 0 Å². The fraction of sp³-hybridized carbons (Fsp3) is 0.167. The minimum atomic E-state index is -0.0623. The van der Waals surface area contributed by atoms with E-state index in [9.17, 15) is 4.79 Å². The van der Waals surface area contributed by atoms with E-state index in [-0.39, 0.29) is 5.91 Å². The Labute approximate surface area is 124 Å². The Kier molecular flexibility index (Phi) is 3.48. The van der Waals surface area contributed by atoms with Crippen LogP contribution in [0, 0.1) is 0 Å². The van der Waals surface area contributed by atoms with E-state index in [1.54, 1.807) is 0 Å². The monoisotopic (exact) mass is 278 g/mol. The fourth-order valence-corrected chi connectivity index (χ4v) is 2.66. The smallest absolute Gasteiger partial charge is 0.257 e. The molecule has 0 atom stereocenters. The Hall–Kier alpha value is -2.55. The maximum Gasteiger partial charge on any atom is 0.257 e. The minimum Gasteiger partial charge on any atom is -0.350 e. The zero-order valence-electron chi connectivity index (χ0n) is 12.3. The number of anilines is 1. The van der Waals surface area contributed by atoms with Gasteiger partial charge in [0.2, 0.25) is 0 Å². The molecule has 3 nitrogen and oxygen atoms in total. The molecule has 3 heteroatoms. The van der Waals surface area contributed by atoms with Crippen molar-refractivity contribution in [3.05, 3.63) is 65.9 Å². The predicted molar refractivity (Wildman–Crippen MR) is 86.7 cm³/mol. The molecule has 21 heavy (non-hydrogen) atoms. The number of carbonyl (C=O) groups is 1. The van der Waals surface area contributed by atoms with E-state index in [4.69, 9.17) is 0 Å². The van der Waals surface area contributed by atoms with Crippen LogP contribution in [0.3, 0.4) is 0 Å². The number of nitrogens with one attached hydrogen (secondary N) is 1. The van der Waals surface area contributed by atoms with Gasteiger partial charge >= 0.3 is 0 Å². The fourth-order valence-electron chi connectivity index (χ4n) is 2.66. The first-order valence-electron chi connectivity index (χ1n) is 7.14. The first-order valence-corrected chi connectivity index (χ1v) is 7.14. The maximum atomic E-state index is 12.6. The van der Waals surface area contributed by atoms with Crippen molar-refractivity contribution < 1.29 is 4.79 Å². The zero-order valence-corrected chi connectivity index (χ0v) is 12.3. The van der Waals surface area contributed by atoms with E-state index in [1.165, 1.54) is 0 Å². The molecule has 2 aromatic carbocycles. The summed E-state index contributed by atoms with van der Waals surface area (Å²) in [4.78, 5) is 12.6. The van der Waals surface area contributed by atoms with Gasteiger partial charge in [0.1, 0.15) is 0 Å². The predicted octanol–water partition coefficient (Wildman–Crippen LogP) is 3.99. The third-order valence-electron chi connectivity index (χ3n) is 3.79. The van der Waals surface area contributed by atoms with Crippen molar-refractivity contribution in [2.75, 3.05) is 5.32 Å². The molecule has 3 aromatic rings. The molecule has 106 valence electrons. The summed E-state index contributed by atoms with van der Waals surface area (Å²) < 4.78 is 1.98. The van der Waals surface area contributed by atoms with E-state index >= 15 is 0 Å². The quantitative estimate of drug-likeness (QED) is 0.772. The Morgan fingerprint density at radius 1 is 1.10 bits per heavy atom. The summed E-state index contributed by atoms with van der Waals surface area (Å²) in [6, 6.07) is 15.9. The molecule has 0 aliphatic carbocycles. The molecule has 0 unspecified atom stereocenters. The Morgan fingerprint density at radius 3 is 2.62 bits per heavy atom. The van der Waals surface area contributed by atoms with Crippen molar-refractivity contribution in [2.45, 2.75) is 13.3 Å². The molecule has 0 saturated heterocycles. The van der Waals surface area contributed by atoms with Crippen LogP contribution >= 0.6 is 0 Å². The lowest BCUT2D eigenvalue weighted by atomic mass is 10.1. The summed E-state index contributed by atoms with van der Waals surface area (Å²) in [6.07, 6.45) is 2.78. The van der Waals surface area contributed by atoms with Gasteiger partial charge in [0.05, 0.1) is 5.56 Å². The highest BCUT2D eigenvalue weighted by atomic mass is 16.1. The summed E-state index contributed by atoms with van der Waals surface area (Å²) in [7, 11) is 1.96. The average Bonchev–Trinajstić information content (AvgIpc) is 2.86. The van der Waals surface area contributed by atoms with Crippen LogP contribution in [0.5, 0.6) is 0 Å². The second-order valence-electron chi connectivity index (χ2n) is 5.14. The van der Waals surface area contributed by atoms with Crippen LogP contribution in [0.1, 0.15) is 22.8 Å². The number of aromatic nitrogens is 1. The van der Waals surface area contributed by atoms with Gasteiger partial charge in [0.15, 0.2) is 0 Å². The highest BCUT2D eigenvalue weighted by molar-refractivity contribution is 6.13. The maximum absolute atomic E-state index is 12.6. The standard InChI is InChI=1S/C18H18N2O/c1-3-13-8-4-6-10-16(13)19-18(21)15-12-20(2)17-11-7-5-9-14(15)17/h4-12H,3H2,1-2H3,(H,19,21). The van der Waals surface area contributed by atoms with Crippen molar-refractivity contribution in [2.24, 2.45) is 7.05 Å². The van der Waals surface area contributed by atoms with Crippen molar-refractivity contribution in [3.8, 4) is 0 Å². The lowest BCUT2D eigenvalue weighted by Crippen LogP contribution is -2.12. The summed E-state index contributed by atoms with van der Waals surface area (Å²) in [5.41, 5.74) is 3.80. The molecule has 1 N–H and O–H groups in total. The van der Waals surface area contributed by atoms with Gasteiger partial charge in [-0.25, -0.2) is 0 Å². The van der Waals surface area contributed by atoms with E-state index in [0.717, 1.165) is 28.6 Å². The third kappa shape index (κ3) is 2.42. The second kappa shape index (κ2) is 5.44. The summed E-state index contributed by atoms with van der Waals surface area (Å²) in [5, 5.41) is 4.01. The molecule has 1 heterocycles. The van der Waals surface area contributed by atoms with Crippen molar-refractivity contribution in [1.29, 1.82) is 0 Å². The van der Waals surface area contributed by atoms with E-state index in [0.29, 0.717) is 5.56 Å². The molecule has 0 radical (unpaired) electrons. The number of amides is 1. The van der Waals surface area contributed by atoms with Gasteiger partial charge < -0.3 is 9.88 Å². The lowest BCUT2D eigenvalue weighted by molar-refractivity contribution is 0.102. The molecule has 0 spiro atoms. The normalized spacial score (nSPS) is 10.8. The highest BCUT2D eigenvalue weighted by Gasteiger charge is 2.14. The van der Waals surface area contributed by atoms with Crippen LogP contribution in [-0.2, 0) is 13.5 Å². The Morgan fingerprint density at radius 2 is 1.81 bits per heavy atom. The second-order valence-corrected chi connectivity index (χ2v) is 5.14. The molecule has 0 aliphatic rings. The number of para-hydroxylation sites is 2. The SMILES string of the molecule is CCc1ccccc1NC(=O)c1cn(C)c2ccccc12. The minimum absolute atomic E-state index is 0.0623. The largest absolute Gasteiger partial charge is 0.350 e. The average molecular weight is 278 g/mol. The van der Waals surface area contributed by atoms with E-state index in [2.05, 4.69) is 12.2 Å². The van der Waals surface area contributed by atoms with Gasteiger partial charge in [-0.1, -0.05) is 43.3 Å². The highest BCUT2D eigenvalue weighted by Crippen LogP contribution is 2.22. The molecule has 0 bridgehead atoms. The van der Waals surface area contributed by atoms with Gasteiger partial charge in [-0.15, -0.1) is 0 Å². The number of hydrogen-bond donors (Lipinski definition) is 1.